The molecule has 1 aliphatic rings. The highest BCUT2D eigenvalue weighted by Gasteiger charge is 2.44. The number of benzene rings is 1. The number of hydrogen-bond acceptors (Lipinski definition) is 3. The molecular formula is C26H35N3O2. The van der Waals surface area contributed by atoms with Crippen LogP contribution >= 0.6 is 0 Å². The number of amides is 2. The Hall–Kier alpha value is -2.69. The molecule has 5 heteroatoms. The molecule has 0 unspecified atom stereocenters. The molecule has 0 saturated carbocycles. The van der Waals surface area contributed by atoms with Crippen molar-refractivity contribution in [3.05, 3.63) is 54.4 Å². The number of rotatable bonds is 5. The highest BCUT2D eigenvalue weighted by Crippen LogP contribution is 2.37. The van der Waals surface area contributed by atoms with Crippen LogP contribution in [-0.4, -0.2) is 53.8 Å². The summed E-state index contributed by atoms with van der Waals surface area (Å²) in [7, 11) is 3.63. The molecule has 1 fully saturated rings. The van der Waals surface area contributed by atoms with E-state index in [9.17, 15) is 9.59 Å². The SMILES string of the molecule is CN(C)C(=O)[C@]1(Cc2cccc(-c3ccncc3)c2)CCCN(C(=O)CC(C)(C)C)C1. The van der Waals surface area contributed by atoms with Gasteiger partial charge in [0.2, 0.25) is 11.8 Å². The van der Waals surface area contributed by atoms with Crippen molar-refractivity contribution >= 4 is 11.8 Å². The smallest absolute Gasteiger partial charge is 0.230 e. The number of carbonyl (C=O) groups is 2. The number of pyridine rings is 1. The summed E-state index contributed by atoms with van der Waals surface area (Å²) in [6, 6.07) is 12.4. The first-order valence-corrected chi connectivity index (χ1v) is 11.1. The van der Waals surface area contributed by atoms with Crippen molar-refractivity contribution in [1.82, 2.24) is 14.8 Å². The fourth-order valence-corrected chi connectivity index (χ4v) is 4.57. The molecule has 1 aromatic heterocycles. The van der Waals surface area contributed by atoms with Crippen LogP contribution in [0.15, 0.2) is 48.8 Å². The molecular weight excluding hydrogens is 386 g/mol. The summed E-state index contributed by atoms with van der Waals surface area (Å²) in [4.78, 5) is 34.1. The molecule has 1 atom stereocenters. The standard InChI is InChI=1S/C26H35N3O2/c1-25(2,3)18-23(30)29-15-7-12-26(19-29,24(31)28(4)5)17-20-8-6-9-22(16-20)21-10-13-27-14-11-21/h6,8-11,13-14,16H,7,12,15,17-19H2,1-5H3/t26-/m0/s1. The quantitative estimate of drug-likeness (QED) is 0.718. The van der Waals surface area contributed by atoms with Gasteiger partial charge in [0.25, 0.3) is 0 Å². The largest absolute Gasteiger partial charge is 0.348 e. The highest BCUT2D eigenvalue weighted by atomic mass is 16.2. The van der Waals surface area contributed by atoms with E-state index in [1.165, 1.54) is 0 Å². The predicted molar refractivity (Wildman–Crippen MR) is 124 cm³/mol. The zero-order valence-electron chi connectivity index (χ0n) is 19.5. The Morgan fingerprint density at radius 1 is 1.10 bits per heavy atom. The van der Waals surface area contributed by atoms with Crippen molar-refractivity contribution in [2.24, 2.45) is 10.8 Å². The first-order valence-electron chi connectivity index (χ1n) is 11.1. The van der Waals surface area contributed by atoms with Crippen molar-refractivity contribution < 1.29 is 9.59 Å². The van der Waals surface area contributed by atoms with Crippen molar-refractivity contribution in [2.45, 2.75) is 46.5 Å². The lowest BCUT2D eigenvalue weighted by Gasteiger charge is -2.43. The van der Waals surface area contributed by atoms with E-state index >= 15 is 0 Å². The predicted octanol–water partition coefficient (Wildman–Crippen LogP) is 4.42. The number of aromatic nitrogens is 1. The third-order valence-corrected chi connectivity index (χ3v) is 5.95. The molecule has 3 rings (SSSR count). The lowest BCUT2D eigenvalue weighted by molar-refractivity contribution is -0.147. The Morgan fingerprint density at radius 3 is 2.45 bits per heavy atom. The van der Waals surface area contributed by atoms with Crippen molar-refractivity contribution in [3.63, 3.8) is 0 Å². The van der Waals surface area contributed by atoms with Gasteiger partial charge in [-0.25, -0.2) is 0 Å². The Morgan fingerprint density at radius 2 is 1.81 bits per heavy atom. The molecule has 0 bridgehead atoms. The van der Waals surface area contributed by atoms with Crippen LogP contribution in [0.4, 0.5) is 0 Å². The minimum absolute atomic E-state index is 0.0678. The van der Waals surface area contributed by atoms with E-state index in [0.29, 0.717) is 19.4 Å². The lowest BCUT2D eigenvalue weighted by atomic mass is 9.73. The topological polar surface area (TPSA) is 53.5 Å². The molecule has 0 aliphatic carbocycles. The summed E-state index contributed by atoms with van der Waals surface area (Å²) in [6.07, 6.45) is 6.35. The van der Waals surface area contributed by atoms with Gasteiger partial charge >= 0.3 is 0 Å². The zero-order chi connectivity index (χ0) is 22.6. The van der Waals surface area contributed by atoms with Gasteiger partial charge in [-0.3, -0.25) is 14.6 Å². The van der Waals surface area contributed by atoms with Gasteiger partial charge in [-0.1, -0.05) is 45.0 Å². The van der Waals surface area contributed by atoms with Crippen molar-refractivity contribution in [1.29, 1.82) is 0 Å². The van der Waals surface area contributed by atoms with Gasteiger partial charge in [-0.05, 0) is 53.5 Å². The van der Waals surface area contributed by atoms with Gasteiger partial charge < -0.3 is 9.80 Å². The molecule has 1 aromatic carbocycles. The maximum atomic E-state index is 13.4. The summed E-state index contributed by atoms with van der Waals surface area (Å²) in [6.45, 7) is 7.46. The Bertz CT molecular complexity index is 918. The Labute approximate surface area is 186 Å². The van der Waals surface area contributed by atoms with Crippen LogP contribution in [0.5, 0.6) is 0 Å². The second-order valence-corrected chi connectivity index (χ2v) is 10.2. The first kappa shape index (κ1) is 23.0. The third-order valence-electron chi connectivity index (χ3n) is 5.95. The molecule has 2 heterocycles. The van der Waals surface area contributed by atoms with Gasteiger partial charge in [-0.15, -0.1) is 0 Å². The van der Waals surface area contributed by atoms with Crippen molar-refractivity contribution in [3.8, 4) is 11.1 Å². The molecule has 0 spiro atoms. The number of carbonyl (C=O) groups excluding carboxylic acids is 2. The Balaban J connectivity index is 1.89. The van der Waals surface area contributed by atoms with Crippen molar-refractivity contribution in [2.75, 3.05) is 27.2 Å². The molecule has 0 N–H and O–H groups in total. The van der Waals surface area contributed by atoms with Crippen LogP contribution in [0.2, 0.25) is 0 Å². The summed E-state index contributed by atoms with van der Waals surface area (Å²) in [5.41, 5.74) is 2.68. The van der Waals surface area contributed by atoms with Gasteiger partial charge in [-0.2, -0.15) is 0 Å². The third kappa shape index (κ3) is 5.72. The van der Waals surface area contributed by atoms with Crippen LogP contribution in [-0.2, 0) is 16.0 Å². The monoisotopic (exact) mass is 421 g/mol. The average molecular weight is 422 g/mol. The normalized spacial score (nSPS) is 19.2. The second kappa shape index (κ2) is 9.21. The number of likely N-dealkylation sites (tertiary alicyclic amines) is 1. The molecule has 1 aliphatic heterocycles. The van der Waals surface area contributed by atoms with E-state index in [-0.39, 0.29) is 17.2 Å². The van der Waals surface area contributed by atoms with E-state index in [2.05, 4.69) is 44.0 Å². The van der Waals surface area contributed by atoms with Gasteiger partial charge in [0.1, 0.15) is 0 Å². The second-order valence-electron chi connectivity index (χ2n) is 10.2. The Kier molecular flexibility index (Phi) is 6.83. The van der Waals surface area contributed by atoms with Crippen LogP contribution in [0.3, 0.4) is 0 Å². The maximum Gasteiger partial charge on any atom is 0.230 e. The van der Waals surface area contributed by atoms with Gasteiger partial charge in [0.05, 0.1) is 5.41 Å². The summed E-state index contributed by atoms with van der Waals surface area (Å²) in [5.74, 6) is 0.253. The maximum absolute atomic E-state index is 13.4. The van der Waals surface area contributed by atoms with Crippen LogP contribution in [0.25, 0.3) is 11.1 Å². The van der Waals surface area contributed by atoms with Gasteiger partial charge in [0, 0.05) is 46.0 Å². The molecule has 2 amide bonds. The molecule has 5 nitrogen and oxygen atoms in total. The summed E-state index contributed by atoms with van der Waals surface area (Å²) < 4.78 is 0. The molecule has 166 valence electrons. The lowest BCUT2D eigenvalue weighted by Crippen LogP contribution is -2.54. The first-order chi connectivity index (χ1) is 14.6. The molecule has 2 aromatic rings. The van der Waals surface area contributed by atoms with E-state index in [4.69, 9.17) is 0 Å². The molecule has 1 saturated heterocycles. The number of piperidine rings is 1. The minimum Gasteiger partial charge on any atom is -0.348 e. The van der Waals surface area contributed by atoms with Gasteiger partial charge in [0.15, 0.2) is 0 Å². The van der Waals surface area contributed by atoms with E-state index in [1.807, 2.05) is 37.2 Å². The molecule has 31 heavy (non-hydrogen) atoms. The summed E-state index contributed by atoms with van der Waals surface area (Å²) >= 11 is 0. The fourth-order valence-electron chi connectivity index (χ4n) is 4.57. The van der Waals surface area contributed by atoms with Crippen LogP contribution in [0.1, 0.15) is 45.6 Å². The highest BCUT2D eigenvalue weighted by molar-refractivity contribution is 5.85. The van der Waals surface area contributed by atoms with E-state index in [0.717, 1.165) is 36.1 Å². The van der Waals surface area contributed by atoms with E-state index < -0.39 is 5.41 Å². The van der Waals surface area contributed by atoms with Crippen LogP contribution < -0.4 is 0 Å². The van der Waals surface area contributed by atoms with E-state index in [1.54, 1.807) is 17.3 Å². The number of nitrogens with zero attached hydrogens (tertiary/aromatic N) is 3. The fraction of sp³-hybridized carbons (Fsp3) is 0.500. The average Bonchev–Trinajstić information content (AvgIpc) is 2.73. The number of hydrogen-bond donors (Lipinski definition) is 0. The van der Waals surface area contributed by atoms with Crippen LogP contribution in [0, 0.1) is 10.8 Å². The summed E-state index contributed by atoms with van der Waals surface area (Å²) in [5, 5.41) is 0. The molecule has 0 radical (unpaired) electrons. The zero-order valence-corrected chi connectivity index (χ0v) is 19.5. The minimum atomic E-state index is -0.591.